The minimum absolute atomic E-state index is 0.228. The van der Waals surface area contributed by atoms with Gasteiger partial charge in [-0.25, -0.2) is 4.98 Å². The molecular formula is C47H43N3. The van der Waals surface area contributed by atoms with E-state index in [1.54, 1.807) is 5.57 Å². The Morgan fingerprint density at radius 1 is 0.900 bits per heavy atom. The topological polar surface area (TPSA) is 38.1 Å². The third-order valence-electron chi connectivity index (χ3n) is 10.6. The number of aromatic nitrogens is 2. The van der Waals surface area contributed by atoms with E-state index in [0.29, 0.717) is 0 Å². The molecule has 0 spiro atoms. The molecule has 0 fully saturated rings. The van der Waals surface area contributed by atoms with E-state index in [0.717, 1.165) is 94.5 Å². The van der Waals surface area contributed by atoms with Crippen molar-refractivity contribution in [2.45, 2.75) is 51.9 Å². The molecule has 0 radical (unpaired) electrons. The van der Waals surface area contributed by atoms with Gasteiger partial charge in [-0.1, -0.05) is 121 Å². The number of benzene rings is 2. The Balaban J connectivity index is 1.17. The molecule has 0 N–H and O–H groups in total. The first kappa shape index (κ1) is 31.8. The summed E-state index contributed by atoms with van der Waals surface area (Å²) in [6, 6.07) is 19.2. The molecular weight excluding hydrogens is 607 g/mol. The van der Waals surface area contributed by atoms with Gasteiger partial charge in [0, 0.05) is 47.0 Å². The number of fused-ring (bicyclic) bond motifs is 5. The van der Waals surface area contributed by atoms with Crippen molar-refractivity contribution in [2.75, 3.05) is 7.05 Å². The molecule has 8 rings (SSSR count). The zero-order valence-electron chi connectivity index (χ0n) is 29.1. The molecule has 246 valence electrons. The summed E-state index contributed by atoms with van der Waals surface area (Å²) in [6.45, 7) is 6.41. The number of pyridine rings is 2. The Bertz CT molecular complexity index is 2330. The molecule has 0 saturated heterocycles. The molecule has 1 atom stereocenters. The molecule has 3 nitrogen and oxygen atoms in total. The highest BCUT2D eigenvalue weighted by Gasteiger charge is 2.26. The Kier molecular flexibility index (Phi) is 8.81. The van der Waals surface area contributed by atoms with E-state index in [1.165, 1.54) is 33.9 Å². The highest BCUT2D eigenvalue weighted by molar-refractivity contribution is 6.12. The monoisotopic (exact) mass is 649 g/mol. The van der Waals surface area contributed by atoms with E-state index in [9.17, 15) is 0 Å². The number of aliphatic imine (C=N–C) groups is 1. The lowest BCUT2D eigenvalue weighted by Crippen LogP contribution is -2.36. The zero-order valence-corrected chi connectivity index (χ0v) is 29.1. The molecule has 50 heavy (non-hydrogen) atoms. The van der Waals surface area contributed by atoms with Crippen molar-refractivity contribution >= 4 is 41.7 Å². The summed E-state index contributed by atoms with van der Waals surface area (Å²) >= 11 is 0. The molecule has 0 aliphatic heterocycles. The number of nitrogens with zero attached hydrogens (tertiary/aromatic N) is 3. The maximum atomic E-state index is 5.43. The molecule has 0 bridgehead atoms. The first-order valence-corrected chi connectivity index (χ1v) is 18.1. The van der Waals surface area contributed by atoms with Crippen LogP contribution >= 0.6 is 0 Å². The van der Waals surface area contributed by atoms with Crippen LogP contribution in [0.2, 0.25) is 0 Å². The number of hydrogen-bond acceptors (Lipinski definition) is 3. The summed E-state index contributed by atoms with van der Waals surface area (Å²) in [4.78, 5) is 15.3. The van der Waals surface area contributed by atoms with Crippen LogP contribution in [-0.2, 0) is 12.8 Å². The first-order chi connectivity index (χ1) is 24.7. The van der Waals surface area contributed by atoms with Gasteiger partial charge in [-0.3, -0.25) is 9.98 Å². The molecule has 0 amide bonds. The van der Waals surface area contributed by atoms with E-state index in [4.69, 9.17) is 15.0 Å². The van der Waals surface area contributed by atoms with Gasteiger partial charge >= 0.3 is 0 Å². The van der Waals surface area contributed by atoms with Gasteiger partial charge in [0.25, 0.3) is 0 Å². The van der Waals surface area contributed by atoms with Gasteiger partial charge in [-0.15, -0.1) is 0 Å². The lowest BCUT2D eigenvalue weighted by Gasteiger charge is -2.28. The molecule has 0 saturated carbocycles. The maximum Gasteiger partial charge on any atom is 0.0754 e. The van der Waals surface area contributed by atoms with E-state index >= 15 is 0 Å². The van der Waals surface area contributed by atoms with E-state index in [2.05, 4.69) is 123 Å². The summed E-state index contributed by atoms with van der Waals surface area (Å²) in [5, 5.41) is 2.46. The standard InChI is InChI=1S/C47H43N3/c1-4-13-37-35(5-2)38(43(48-3)28-21-31-20-22-34-24-29-42(49-45(34)30-31)33-15-7-6-8-16-33)26-27-39(37)47-41-25-23-32-14-9-10-17-36(32)46(41)40-18-11-12-19-44(40)50-47/h4-8,10,13,15-22,24,26-29,31H,2,9,11-12,14,23,25,30H2,1,3H3/b13-4-,28-21-,48-43?. The summed E-state index contributed by atoms with van der Waals surface area (Å²) in [6.07, 6.45) is 32.2. The van der Waals surface area contributed by atoms with Gasteiger partial charge in [0.05, 0.1) is 22.4 Å². The van der Waals surface area contributed by atoms with Crippen LogP contribution in [0.25, 0.3) is 58.5 Å². The normalized spacial score (nSPS) is 18.0. The van der Waals surface area contributed by atoms with Crippen LogP contribution < -0.4 is 10.6 Å². The molecule has 3 heteroatoms. The van der Waals surface area contributed by atoms with Crippen molar-refractivity contribution in [3.63, 3.8) is 0 Å². The molecule has 2 heterocycles. The fraction of sp³-hybridized carbons (Fsp3) is 0.213. The molecule has 2 aromatic heterocycles. The van der Waals surface area contributed by atoms with Gasteiger partial charge < -0.3 is 0 Å². The minimum atomic E-state index is 0.228. The van der Waals surface area contributed by atoms with Gasteiger partial charge in [-0.05, 0) is 91.0 Å². The Hall–Kier alpha value is -5.41. The fourth-order valence-electron chi connectivity index (χ4n) is 8.13. The maximum absolute atomic E-state index is 5.43. The molecule has 4 aliphatic carbocycles. The zero-order chi connectivity index (χ0) is 34.0. The Labute approximate surface area is 296 Å². The number of allylic oxidation sites excluding steroid dienone is 8. The van der Waals surface area contributed by atoms with Crippen LogP contribution in [-0.4, -0.2) is 22.7 Å². The minimum Gasteiger partial charge on any atom is -0.288 e. The van der Waals surface area contributed by atoms with Crippen LogP contribution in [0.15, 0.2) is 108 Å². The van der Waals surface area contributed by atoms with Crippen LogP contribution in [0.3, 0.4) is 0 Å². The highest BCUT2D eigenvalue weighted by Crippen LogP contribution is 2.40. The smallest absolute Gasteiger partial charge is 0.0754 e. The fourth-order valence-corrected chi connectivity index (χ4v) is 8.13. The second kappa shape index (κ2) is 13.8. The predicted octanol–water partition coefficient (Wildman–Crippen LogP) is 9.75. The van der Waals surface area contributed by atoms with Gasteiger partial charge in [0.1, 0.15) is 0 Å². The Morgan fingerprint density at radius 3 is 2.62 bits per heavy atom. The predicted molar refractivity (Wildman–Crippen MR) is 213 cm³/mol. The van der Waals surface area contributed by atoms with Crippen molar-refractivity contribution < 1.29 is 0 Å². The van der Waals surface area contributed by atoms with Crippen LogP contribution in [0.1, 0.15) is 78.1 Å². The van der Waals surface area contributed by atoms with Crippen LogP contribution in [0.5, 0.6) is 0 Å². The molecule has 4 aliphatic rings. The van der Waals surface area contributed by atoms with E-state index in [-0.39, 0.29) is 5.92 Å². The summed E-state index contributed by atoms with van der Waals surface area (Å²) < 4.78 is 0. The molecule has 2 aromatic carbocycles. The van der Waals surface area contributed by atoms with Crippen molar-refractivity contribution in [1.29, 1.82) is 0 Å². The third kappa shape index (κ3) is 5.81. The summed E-state index contributed by atoms with van der Waals surface area (Å²) in [7, 11) is 1.88. The van der Waals surface area contributed by atoms with Crippen molar-refractivity contribution in [2.24, 2.45) is 10.9 Å². The summed E-state index contributed by atoms with van der Waals surface area (Å²) in [5.74, 6) is 0.228. The molecule has 1 unspecified atom stereocenters. The quantitative estimate of drug-likeness (QED) is 0.187. The lowest BCUT2D eigenvalue weighted by molar-refractivity contribution is 0.772. The third-order valence-corrected chi connectivity index (χ3v) is 10.6. The average Bonchev–Trinajstić information content (AvgIpc) is 3.18. The average molecular weight is 650 g/mol. The lowest BCUT2D eigenvalue weighted by atomic mass is 9.78. The number of hydrogen-bond donors (Lipinski definition) is 0. The molecule has 4 aromatic rings. The second-order valence-corrected chi connectivity index (χ2v) is 13.5. The van der Waals surface area contributed by atoms with Crippen molar-refractivity contribution in [1.82, 2.24) is 9.97 Å². The van der Waals surface area contributed by atoms with Gasteiger partial charge in [0.2, 0.25) is 0 Å². The number of rotatable bonds is 7. The second-order valence-electron chi connectivity index (χ2n) is 13.5. The largest absolute Gasteiger partial charge is 0.288 e. The van der Waals surface area contributed by atoms with Gasteiger partial charge in [0.15, 0.2) is 0 Å². The Morgan fingerprint density at radius 2 is 1.78 bits per heavy atom. The van der Waals surface area contributed by atoms with Crippen LogP contribution in [0, 0.1) is 5.92 Å². The van der Waals surface area contributed by atoms with Crippen molar-refractivity contribution in [3.8, 4) is 22.5 Å². The van der Waals surface area contributed by atoms with Gasteiger partial charge in [-0.2, -0.15) is 0 Å². The van der Waals surface area contributed by atoms with Crippen molar-refractivity contribution in [3.05, 3.63) is 153 Å². The first-order valence-electron chi connectivity index (χ1n) is 18.1. The summed E-state index contributed by atoms with van der Waals surface area (Å²) in [5.41, 5.74) is 16.8. The SMILES string of the molecule is C=Cc1c(C(/C=C\C2C=Cc3ccc(-c4ccccc4)nc3C2)=NC)ccc(-c2nc3c(c4c2CCC2=C4C=CCC2)=CCCC=3)c1/C=C\C. The van der Waals surface area contributed by atoms with Crippen LogP contribution in [0.4, 0.5) is 0 Å². The van der Waals surface area contributed by atoms with E-state index in [1.807, 2.05) is 19.2 Å². The van der Waals surface area contributed by atoms with E-state index < -0.39 is 0 Å². The highest BCUT2D eigenvalue weighted by atomic mass is 14.7.